The fourth-order valence-electron chi connectivity index (χ4n) is 2.80. The molecule has 0 saturated heterocycles. The number of hydrogen-bond acceptors (Lipinski definition) is 3. The molecule has 0 amide bonds. The largest absolute Gasteiger partial charge is 0.329 e. The molecule has 1 aromatic heterocycles. The van der Waals surface area contributed by atoms with E-state index in [0.717, 1.165) is 16.3 Å². The van der Waals surface area contributed by atoms with E-state index in [-0.39, 0.29) is 17.2 Å². The minimum atomic E-state index is -0.359. The number of hydrogen-bond donors (Lipinski definition) is 1. The molecule has 0 saturated carbocycles. The smallest absolute Gasteiger partial charge is 0.284 e. The summed E-state index contributed by atoms with van der Waals surface area (Å²) in [4.78, 5) is 28.3. The number of aromatic amines is 1. The van der Waals surface area contributed by atoms with Crippen LogP contribution >= 0.6 is 11.8 Å². The number of H-pyrrole nitrogens is 1. The van der Waals surface area contributed by atoms with Crippen LogP contribution in [-0.4, -0.2) is 9.55 Å². The van der Waals surface area contributed by atoms with Crippen molar-refractivity contribution in [3.63, 3.8) is 0 Å². The lowest BCUT2D eigenvalue weighted by molar-refractivity contribution is 0.625. The van der Waals surface area contributed by atoms with E-state index in [1.165, 1.54) is 22.9 Å². The van der Waals surface area contributed by atoms with Crippen LogP contribution in [-0.2, 0) is 6.54 Å². The minimum Gasteiger partial charge on any atom is -0.284 e. The molecular formula is C20H26N2O2S. The van der Waals surface area contributed by atoms with E-state index in [2.05, 4.69) is 44.0 Å². The molecule has 1 heterocycles. The second-order valence-electron chi connectivity index (χ2n) is 6.55. The molecule has 4 nitrogen and oxygen atoms in total. The molecule has 5 heteroatoms. The fraction of sp³-hybridized carbons (Fsp3) is 0.400. The SMILES string of the molecule is CCC=CCn1c(Sc2cc(C)cc(C)c2)c(C(C)C)c(=O)[nH]c1=O. The van der Waals surface area contributed by atoms with Crippen LogP contribution in [0.5, 0.6) is 0 Å². The van der Waals surface area contributed by atoms with Crippen LogP contribution in [0, 0.1) is 13.8 Å². The van der Waals surface area contributed by atoms with Crippen molar-refractivity contribution in [2.45, 2.75) is 63.4 Å². The second-order valence-corrected chi connectivity index (χ2v) is 7.61. The normalized spacial score (nSPS) is 11.6. The van der Waals surface area contributed by atoms with Gasteiger partial charge in [-0.05, 0) is 49.4 Å². The highest BCUT2D eigenvalue weighted by molar-refractivity contribution is 7.99. The Labute approximate surface area is 153 Å². The molecule has 2 rings (SSSR count). The van der Waals surface area contributed by atoms with E-state index < -0.39 is 0 Å². The summed E-state index contributed by atoms with van der Waals surface area (Å²) in [5.41, 5.74) is 2.34. The molecule has 0 spiro atoms. The summed E-state index contributed by atoms with van der Waals surface area (Å²) < 4.78 is 1.66. The van der Waals surface area contributed by atoms with Gasteiger partial charge in [0.2, 0.25) is 0 Å². The number of aryl methyl sites for hydroxylation is 2. The van der Waals surface area contributed by atoms with Gasteiger partial charge in [0.15, 0.2) is 0 Å². The third kappa shape index (κ3) is 4.75. The Morgan fingerprint density at radius 2 is 1.76 bits per heavy atom. The van der Waals surface area contributed by atoms with Gasteiger partial charge in [0, 0.05) is 11.4 Å². The number of rotatable bonds is 6. The second kappa shape index (κ2) is 8.39. The highest BCUT2D eigenvalue weighted by Crippen LogP contribution is 2.32. The summed E-state index contributed by atoms with van der Waals surface area (Å²) in [6.45, 7) is 10.6. The van der Waals surface area contributed by atoms with E-state index in [1.807, 2.05) is 26.0 Å². The van der Waals surface area contributed by atoms with Crippen LogP contribution in [0.4, 0.5) is 0 Å². The van der Waals surface area contributed by atoms with E-state index in [0.29, 0.717) is 12.1 Å². The molecule has 0 aliphatic rings. The summed E-state index contributed by atoms with van der Waals surface area (Å²) in [5, 5.41) is 0.731. The topological polar surface area (TPSA) is 54.9 Å². The average Bonchev–Trinajstić information content (AvgIpc) is 2.48. The van der Waals surface area contributed by atoms with Crippen molar-refractivity contribution in [1.82, 2.24) is 9.55 Å². The maximum atomic E-state index is 12.4. The van der Waals surface area contributed by atoms with Crippen molar-refractivity contribution < 1.29 is 0 Å². The van der Waals surface area contributed by atoms with Crippen molar-refractivity contribution >= 4 is 11.8 Å². The van der Waals surface area contributed by atoms with Gasteiger partial charge in [-0.3, -0.25) is 14.3 Å². The van der Waals surface area contributed by atoms with Gasteiger partial charge in [-0.25, -0.2) is 4.79 Å². The summed E-state index contributed by atoms with van der Waals surface area (Å²) >= 11 is 1.49. The summed E-state index contributed by atoms with van der Waals surface area (Å²) in [5.74, 6) is 0.0270. The molecule has 134 valence electrons. The van der Waals surface area contributed by atoms with E-state index in [4.69, 9.17) is 0 Å². The minimum absolute atomic E-state index is 0.0270. The fourth-order valence-corrected chi connectivity index (χ4v) is 4.22. The maximum absolute atomic E-state index is 12.4. The molecule has 1 N–H and O–H groups in total. The summed E-state index contributed by atoms with van der Waals surface area (Å²) in [6, 6.07) is 6.28. The average molecular weight is 359 g/mol. The molecule has 2 aromatic rings. The number of benzene rings is 1. The van der Waals surface area contributed by atoms with Crippen molar-refractivity contribution in [2.24, 2.45) is 0 Å². The van der Waals surface area contributed by atoms with Crippen molar-refractivity contribution in [3.05, 3.63) is 67.9 Å². The molecular weight excluding hydrogens is 332 g/mol. The molecule has 0 radical (unpaired) electrons. The Bertz CT molecular complexity index is 871. The van der Waals surface area contributed by atoms with Crippen LogP contribution in [0.3, 0.4) is 0 Å². The molecule has 25 heavy (non-hydrogen) atoms. The first kappa shape index (κ1) is 19.3. The molecule has 0 fully saturated rings. The lowest BCUT2D eigenvalue weighted by atomic mass is 10.1. The predicted octanol–water partition coefficient (Wildman–Crippen LogP) is 4.39. The van der Waals surface area contributed by atoms with Gasteiger partial charge >= 0.3 is 5.69 Å². The van der Waals surface area contributed by atoms with Crippen LogP contribution in [0.15, 0.2) is 49.9 Å². The van der Waals surface area contributed by atoms with Gasteiger partial charge < -0.3 is 0 Å². The van der Waals surface area contributed by atoms with Gasteiger partial charge in [-0.15, -0.1) is 0 Å². The quantitative estimate of drug-likeness (QED) is 0.615. The van der Waals surface area contributed by atoms with Crippen molar-refractivity contribution in [1.29, 1.82) is 0 Å². The predicted molar refractivity (Wildman–Crippen MR) is 105 cm³/mol. The number of aromatic nitrogens is 2. The number of allylic oxidation sites excluding steroid dienone is 2. The Balaban J connectivity index is 2.64. The maximum Gasteiger partial charge on any atom is 0.329 e. The molecule has 0 unspecified atom stereocenters. The lowest BCUT2D eigenvalue weighted by Crippen LogP contribution is -2.34. The molecule has 0 aliphatic carbocycles. The van der Waals surface area contributed by atoms with Gasteiger partial charge in [-0.2, -0.15) is 0 Å². The Morgan fingerprint density at radius 3 is 2.32 bits per heavy atom. The third-order valence-corrected chi connectivity index (χ3v) is 4.97. The summed E-state index contributed by atoms with van der Waals surface area (Å²) in [6.07, 6.45) is 4.90. The standard InChI is InChI=1S/C20H26N2O2S/c1-6-7-8-9-22-19(17(13(2)3)18(23)21-20(22)24)25-16-11-14(4)10-15(5)12-16/h7-8,10-13H,6,9H2,1-5H3,(H,21,23,24). The highest BCUT2D eigenvalue weighted by Gasteiger charge is 2.18. The van der Waals surface area contributed by atoms with Gasteiger partial charge in [-0.1, -0.05) is 50.8 Å². The van der Waals surface area contributed by atoms with E-state index in [9.17, 15) is 9.59 Å². The van der Waals surface area contributed by atoms with Crippen LogP contribution in [0.1, 0.15) is 49.8 Å². The molecule has 0 bridgehead atoms. The third-order valence-electron chi connectivity index (χ3n) is 3.86. The van der Waals surface area contributed by atoms with E-state index >= 15 is 0 Å². The van der Waals surface area contributed by atoms with Crippen molar-refractivity contribution in [2.75, 3.05) is 0 Å². The first-order chi connectivity index (χ1) is 11.8. The number of nitrogens with one attached hydrogen (secondary N) is 1. The Kier molecular flexibility index (Phi) is 6.48. The van der Waals surface area contributed by atoms with Crippen LogP contribution in [0.2, 0.25) is 0 Å². The van der Waals surface area contributed by atoms with Crippen LogP contribution < -0.4 is 11.2 Å². The zero-order valence-electron chi connectivity index (χ0n) is 15.6. The van der Waals surface area contributed by atoms with Crippen molar-refractivity contribution in [3.8, 4) is 0 Å². The van der Waals surface area contributed by atoms with Gasteiger partial charge in [0.25, 0.3) is 5.56 Å². The number of nitrogens with zero attached hydrogens (tertiary/aromatic N) is 1. The highest BCUT2D eigenvalue weighted by atomic mass is 32.2. The monoisotopic (exact) mass is 358 g/mol. The Hall–Kier alpha value is -2.01. The van der Waals surface area contributed by atoms with E-state index in [1.54, 1.807) is 4.57 Å². The van der Waals surface area contributed by atoms with Gasteiger partial charge in [0.1, 0.15) is 0 Å². The Morgan fingerprint density at radius 1 is 1.12 bits per heavy atom. The molecule has 0 aliphatic heterocycles. The van der Waals surface area contributed by atoms with Gasteiger partial charge in [0.05, 0.1) is 10.6 Å². The summed E-state index contributed by atoms with van der Waals surface area (Å²) in [7, 11) is 0. The molecule has 0 atom stereocenters. The zero-order chi connectivity index (χ0) is 18.6. The first-order valence-electron chi connectivity index (χ1n) is 8.61. The lowest BCUT2D eigenvalue weighted by Gasteiger charge is -2.17. The van der Waals surface area contributed by atoms with Crippen LogP contribution in [0.25, 0.3) is 0 Å². The first-order valence-corrected chi connectivity index (χ1v) is 9.43. The molecule has 1 aromatic carbocycles. The zero-order valence-corrected chi connectivity index (χ0v) is 16.4.